The zero-order chi connectivity index (χ0) is 17.3. The summed E-state index contributed by atoms with van der Waals surface area (Å²) in [6.07, 6.45) is 4.21. The topological polar surface area (TPSA) is 103 Å². The first-order chi connectivity index (χ1) is 11.5. The van der Waals surface area contributed by atoms with Crippen molar-refractivity contribution in [3.63, 3.8) is 0 Å². The Morgan fingerprint density at radius 1 is 1.42 bits per heavy atom. The molecule has 1 saturated carbocycles. The lowest BCUT2D eigenvalue weighted by Gasteiger charge is -2.18. The van der Waals surface area contributed by atoms with Crippen LogP contribution in [0.25, 0.3) is 11.5 Å². The van der Waals surface area contributed by atoms with Crippen LogP contribution in [0.4, 0.5) is 5.69 Å². The molecule has 3 rings (SSSR count). The van der Waals surface area contributed by atoms with Crippen molar-refractivity contribution < 1.29 is 9.21 Å². The molecule has 0 aromatic carbocycles. The van der Waals surface area contributed by atoms with E-state index >= 15 is 0 Å². The SMILES string of the molecule is Cc1ccc(-c2cc(N)c(=O)n(C(C)C(=O)NC3CCCC3)n2)o1. The Bertz CT molecular complexity index is 802. The maximum Gasteiger partial charge on any atom is 0.290 e. The minimum Gasteiger partial charge on any atom is -0.460 e. The third kappa shape index (κ3) is 3.20. The predicted molar refractivity (Wildman–Crippen MR) is 90.5 cm³/mol. The van der Waals surface area contributed by atoms with Crippen LogP contribution >= 0.6 is 0 Å². The Morgan fingerprint density at radius 3 is 2.75 bits per heavy atom. The minimum atomic E-state index is -0.739. The number of aryl methyl sites for hydroxylation is 1. The van der Waals surface area contributed by atoms with E-state index in [2.05, 4.69) is 10.4 Å². The number of hydrogen-bond donors (Lipinski definition) is 2. The fraction of sp³-hybridized carbons (Fsp3) is 0.471. The Labute approximate surface area is 139 Å². The maximum atomic E-state index is 12.4. The average Bonchev–Trinajstić information content (AvgIpc) is 3.20. The van der Waals surface area contributed by atoms with Gasteiger partial charge in [0, 0.05) is 6.04 Å². The highest BCUT2D eigenvalue weighted by Gasteiger charge is 2.24. The van der Waals surface area contributed by atoms with Crippen molar-refractivity contribution in [2.75, 3.05) is 5.73 Å². The van der Waals surface area contributed by atoms with Gasteiger partial charge in [-0.05, 0) is 44.9 Å². The second-order valence-corrected chi connectivity index (χ2v) is 6.31. The molecule has 0 saturated heterocycles. The average molecular weight is 330 g/mol. The molecule has 1 atom stereocenters. The largest absolute Gasteiger partial charge is 0.460 e. The molecule has 2 heterocycles. The van der Waals surface area contributed by atoms with E-state index in [9.17, 15) is 9.59 Å². The van der Waals surface area contributed by atoms with Crippen LogP contribution in [-0.4, -0.2) is 21.7 Å². The van der Waals surface area contributed by atoms with Crippen molar-refractivity contribution >= 4 is 11.6 Å². The molecule has 7 nitrogen and oxygen atoms in total. The first kappa shape index (κ1) is 16.3. The molecule has 1 fully saturated rings. The van der Waals surface area contributed by atoms with E-state index in [0.717, 1.165) is 36.1 Å². The van der Waals surface area contributed by atoms with Crippen molar-refractivity contribution in [2.24, 2.45) is 0 Å². The van der Waals surface area contributed by atoms with E-state index in [4.69, 9.17) is 10.2 Å². The maximum absolute atomic E-state index is 12.4. The van der Waals surface area contributed by atoms with Gasteiger partial charge in [-0.3, -0.25) is 9.59 Å². The molecule has 1 aliphatic rings. The summed E-state index contributed by atoms with van der Waals surface area (Å²) in [6, 6.07) is 4.48. The number of nitrogens with two attached hydrogens (primary N) is 1. The van der Waals surface area contributed by atoms with Crippen LogP contribution in [0.1, 0.15) is 44.4 Å². The molecule has 24 heavy (non-hydrogen) atoms. The summed E-state index contributed by atoms with van der Waals surface area (Å²) in [5.74, 6) is 1.02. The molecular formula is C17H22N4O3. The van der Waals surface area contributed by atoms with Gasteiger partial charge in [-0.1, -0.05) is 12.8 Å². The van der Waals surface area contributed by atoms with Gasteiger partial charge >= 0.3 is 0 Å². The summed E-state index contributed by atoms with van der Waals surface area (Å²) in [4.78, 5) is 24.7. The number of amides is 1. The van der Waals surface area contributed by atoms with Crippen LogP contribution in [0.15, 0.2) is 27.4 Å². The normalized spacial score (nSPS) is 16.2. The summed E-state index contributed by atoms with van der Waals surface area (Å²) in [5.41, 5.74) is 5.81. The van der Waals surface area contributed by atoms with Gasteiger partial charge in [0.1, 0.15) is 23.2 Å². The van der Waals surface area contributed by atoms with Gasteiger partial charge in [-0.2, -0.15) is 5.10 Å². The fourth-order valence-electron chi connectivity index (χ4n) is 2.99. The Hall–Kier alpha value is -2.57. The van der Waals surface area contributed by atoms with E-state index in [1.165, 1.54) is 6.07 Å². The highest BCUT2D eigenvalue weighted by molar-refractivity contribution is 5.80. The van der Waals surface area contributed by atoms with E-state index < -0.39 is 11.6 Å². The zero-order valence-electron chi connectivity index (χ0n) is 13.9. The third-order valence-electron chi connectivity index (χ3n) is 4.40. The number of hydrogen-bond acceptors (Lipinski definition) is 5. The molecule has 0 bridgehead atoms. The monoisotopic (exact) mass is 330 g/mol. The summed E-state index contributed by atoms with van der Waals surface area (Å²) in [5, 5.41) is 7.27. The molecule has 7 heteroatoms. The Kier molecular flexibility index (Phi) is 4.42. The number of rotatable bonds is 4. The lowest BCUT2D eigenvalue weighted by Crippen LogP contribution is -2.41. The van der Waals surface area contributed by atoms with Crippen LogP contribution in [0.5, 0.6) is 0 Å². The van der Waals surface area contributed by atoms with Crippen molar-refractivity contribution in [1.29, 1.82) is 0 Å². The molecule has 0 aliphatic heterocycles. The summed E-state index contributed by atoms with van der Waals surface area (Å²) < 4.78 is 6.67. The van der Waals surface area contributed by atoms with E-state index in [0.29, 0.717) is 11.5 Å². The number of anilines is 1. The lowest BCUT2D eigenvalue weighted by molar-refractivity contribution is -0.124. The summed E-state index contributed by atoms with van der Waals surface area (Å²) >= 11 is 0. The molecule has 1 amide bonds. The zero-order valence-corrected chi connectivity index (χ0v) is 13.9. The van der Waals surface area contributed by atoms with Crippen molar-refractivity contribution in [3.8, 4) is 11.5 Å². The Balaban J connectivity index is 1.89. The molecule has 1 aliphatic carbocycles. The summed E-state index contributed by atoms with van der Waals surface area (Å²) in [6.45, 7) is 3.47. The van der Waals surface area contributed by atoms with E-state index in [1.54, 1.807) is 19.1 Å². The van der Waals surface area contributed by atoms with Gasteiger partial charge in [0.25, 0.3) is 5.56 Å². The number of aromatic nitrogens is 2. The van der Waals surface area contributed by atoms with Crippen LogP contribution in [-0.2, 0) is 4.79 Å². The smallest absolute Gasteiger partial charge is 0.290 e. The van der Waals surface area contributed by atoms with Gasteiger partial charge in [0.2, 0.25) is 5.91 Å². The highest BCUT2D eigenvalue weighted by Crippen LogP contribution is 2.21. The molecular weight excluding hydrogens is 308 g/mol. The minimum absolute atomic E-state index is 0.0366. The van der Waals surface area contributed by atoms with Crippen LogP contribution in [0.2, 0.25) is 0 Å². The van der Waals surface area contributed by atoms with Gasteiger partial charge in [-0.15, -0.1) is 0 Å². The highest BCUT2D eigenvalue weighted by atomic mass is 16.3. The van der Waals surface area contributed by atoms with Crippen molar-refractivity contribution in [1.82, 2.24) is 15.1 Å². The third-order valence-corrected chi connectivity index (χ3v) is 4.40. The molecule has 1 unspecified atom stereocenters. The molecule has 2 aromatic rings. The molecule has 128 valence electrons. The lowest BCUT2D eigenvalue weighted by atomic mass is 10.2. The van der Waals surface area contributed by atoms with E-state index in [-0.39, 0.29) is 17.6 Å². The second kappa shape index (κ2) is 6.51. The molecule has 0 spiro atoms. The van der Waals surface area contributed by atoms with Gasteiger partial charge in [-0.25, -0.2) is 4.68 Å². The first-order valence-electron chi connectivity index (χ1n) is 8.22. The predicted octanol–water partition coefficient (Wildman–Crippen LogP) is 2.01. The molecule has 3 N–H and O–H groups in total. The van der Waals surface area contributed by atoms with Crippen LogP contribution < -0.4 is 16.6 Å². The van der Waals surface area contributed by atoms with Gasteiger partial charge in [0.15, 0.2) is 5.76 Å². The summed E-state index contributed by atoms with van der Waals surface area (Å²) in [7, 11) is 0. The van der Waals surface area contributed by atoms with Crippen molar-refractivity contribution in [3.05, 3.63) is 34.3 Å². The number of nitrogens with zero attached hydrogens (tertiary/aromatic N) is 2. The standard InChI is InChI=1S/C17H22N4O3/c1-10-7-8-15(24-10)14-9-13(18)17(23)21(20-14)11(2)16(22)19-12-5-3-4-6-12/h7-9,11-12H,3-6,18H2,1-2H3,(H,19,22). The number of nitrogens with one attached hydrogen (secondary N) is 1. The van der Waals surface area contributed by atoms with E-state index in [1.807, 2.05) is 6.92 Å². The fourth-order valence-corrected chi connectivity index (χ4v) is 2.99. The van der Waals surface area contributed by atoms with Gasteiger partial charge < -0.3 is 15.5 Å². The number of carbonyl (C=O) groups excluding carboxylic acids is 1. The molecule has 0 radical (unpaired) electrons. The second-order valence-electron chi connectivity index (χ2n) is 6.31. The van der Waals surface area contributed by atoms with Crippen LogP contribution in [0, 0.1) is 6.92 Å². The van der Waals surface area contributed by atoms with Crippen LogP contribution in [0.3, 0.4) is 0 Å². The molecule has 2 aromatic heterocycles. The number of carbonyl (C=O) groups is 1. The Morgan fingerprint density at radius 2 is 2.12 bits per heavy atom. The van der Waals surface area contributed by atoms with Crippen molar-refractivity contribution in [2.45, 2.75) is 51.6 Å². The van der Waals surface area contributed by atoms with Gasteiger partial charge in [0.05, 0.1) is 0 Å². The number of nitrogen functional groups attached to an aromatic ring is 1. The number of furan rings is 1. The first-order valence-corrected chi connectivity index (χ1v) is 8.22. The quantitative estimate of drug-likeness (QED) is 0.892.